The number of hydrogen-bond donors (Lipinski definition) is 6. The van der Waals surface area contributed by atoms with Gasteiger partial charge in [-0.15, -0.1) is 0 Å². The highest BCUT2D eigenvalue weighted by Crippen LogP contribution is 2.22. The highest BCUT2D eigenvalue weighted by molar-refractivity contribution is 5.95. The van der Waals surface area contributed by atoms with Crippen molar-refractivity contribution in [3.63, 3.8) is 0 Å². The first-order chi connectivity index (χ1) is 21.7. The van der Waals surface area contributed by atoms with Crippen LogP contribution in [0.2, 0.25) is 0 Å². The van der Waals surface area contributed by atoms with Crippen LogP contribution in [0.5, 0.6) is 5.75 Å². The monoisotopic (exact) mass is 610 g/mol. The Hall–Kier alpha value is -5.16. The number of para-hydroxylation sites is 1. The number of benzene rings is 3. The number of phenols is 1. The zero-order valence-corrected chi connectivity index (χ0v) is 24.8. The number of hydrogen-bond acceptors (Lipinski definition) is 6. The van der Waals surface area contributed by atoms with Gasteiger partial charge >= 0.3 is 0 Å². The van der Waals surface area contributed by atoms with Crippen molar-refractivity contribution >= 4 is 34.5 Å². The van der Waals surface area contributed by atoms with Crippen molar-refractivity contribution < 1.29 is 24.3 Å². The number of nitrogens with one attached hydrogen (secondary N) is 3. The van der Waals surface area contributed by atoms with Crippen LogP contribution in [-0.2, 0) is 38.4 Å². The number of fused-ring (bicyclic) bond motifs is 1. The average Bonchev–Trinajstić information content (AvgIpc) is 3.69. The van der Waals surface area contributed by atoms with Gasteiger partial charge in [-0.3, -0.25) is 19.2 Å². The Morgan fingerprint density at radius 2 is 1.56 bits per heavy atom. The van der Waals surface area contributed by atoms with E-state index in [2.05, 4.69) is 15.6 Å². The number of nitrogens with two attached hydrogens (primary N) is 2. The Morgan fingerprint density at radius 1 is 0.867 bits per heavy atom. The third-order valence-corrected chi connectivity index (χ3v) is 8.22. The second-order valence-corrected chi connectivity index (χ2v) is 11.4. The first-order valence-electron chi connectivity index (χ1n) is 15.0. The van der Waals surface area contributed by atoms with Crippen molar-refractivity contribution in [1.29, 1.82) is 0 Å². The molecule has 0 spiro atoms. The number of amides is 4. The largest absolute Gasteiger partial charge is 0.508 e. The van der Waals surface area contributed by atoms with Crippen LogP contribution in [-0.4, -0.2) is 69.3 Å². The number of nitrogens with zero attached hydrogens (tertiary/aromatic N) is 1. The molecule has 1 fully saturated rings. The van der Waals surface area contributed by atoms with Gasteiger partial charge in [0, 0.05) is 36.5 Å². The van der Waals surface area contributed by atoms with Crippen LogP contribution in [0, 0.1) is 0 Å². The number of carbonyl (C=O) groups excluding carboxylic acids is 4. The summed E-state index contributed by atoms with van der Waals surface area (Å²) in [5, 5.41) is 16.1. The maximum absolute atomic E-state index is 13.7. The molecule has 11 heteroatoms. The minimum Gasteiger partial charge on any atom is -0.508 e. The number of aromatic amines is 1. The average molecular weight is 611 g/mol. The Balaban J connectivity index is 1.33. The Morgan fingerprint density at radius 3 is 2.29 bits per heavy atom. The number of aromatic nitrogens is 1. The van der Waals surface area contributed by atoms with E-state index in [0.717, 1.165) is 27.6 Å². The second-order valence-electron chi connectivity index (χ2n) is 11.4. The van der Waals surface area contributed by atoms with E-state index >= 15 is 0 Å². The van der Waals surface area contributed by atoms with E-state index in [0.29, 0.717) is 19.4 Å². The molecule has 0 radical (unpaired) electrons. The minimum absolute atomic E-state index is 0.114. The summed E-state index contributed by atoms with van der Waals surface area (Å²) >= 11 is 0. The SMILES string of the molecule is NC(=O)[C@H](Cc1ccccc1)NC(=O)[C@H](Cc1c[nH]c2ccccc12)NC(=O)[C@@H]1CCCN1C(=O)[C@H](N)Cc1ccc(O)cc1. The quantitative estimate of drug-likeness (QED) is 0.142. The molecule has 234 valence electrons. The van der Waals surface area contributed by atoms with E-state index in [4.69, 9.17) is 11.5 Å². The topological polar surface area (TPSA) is 184 Å². The predicted molar refractivity (Wildman–Crippen MR) is 170 cm³/mol. The first-order valence-corrected chi connectivity index (χ1v) is 15.0. The van der Waals surface area contributed by atoms with E-state index in [-0.39, 0.29) is 30.9 Å². The van der Waals surface area contributed by atoms with Gasteiger partial charge in [-0.25, -0.2) is 0 Å². The molecule has 8 N–H and O–H groups in total. The lowest BCUT2D eigenvalue weighted by Crippen LogP contribution is -2.58. The van der Waals surface area contributed by atoms with Crippen LogP contribution in [0.25, 0.3) is 10.9 Å². The molecule has 1 saturated heterocycles. The smallest absolute Gasteiger partial charge is 0.243 e. The van der Waals surface area contributed by atoms with Crippen LogP contribution >= 0.6 is 0 Å². The molecule has 0 unspecified atom stereocenters. The van der Waals surface area contributed by atoms with E-state index < -0.39 is 41.9 Å². The van der Waals surface area contributed by atoms with Crippen molar-refractivity contribution in [2.24, 2.45) is 11.5 Å². The number of carbonyl (C=O) groups is 4. The molecule has 0 bridgehead atoms. The number of primary amides is 1. The standard InChI is InChI=1S/C34H38N6O5/c35-26(17-22-12-14-24(41)15-13-22)34(45)40-16-6-11-30(40)33(44)39-29(19-23-20-37-27-10-5-4-9-25(23)27)32(43)38-28(31(36)42)18-21-7-2-1-3-8-21/h1-5,7-10,12-15,20,26,28-30,37,41H,6,11,16-19,35H2,(H2,36,42)(H,38,43)(H,39,44)/t26-,28+,29+,30+/m1/s1. The predicted octanol–water partition coefficient (Wildman–Crippen LogP) is 1.67. The van der Waals surface area contributed by atoms with E-state index in [1.54, 1.807) is 18.3 Å². The molecule has 4 aromatic rings. The molecule has 1 aliphatic rings. The zero-order valence-electron chi connectivity index (χ0n) is 24.8. The van der Waals surface area contributed by atoms with Gasteiger partial charge in [0.1, 0.15) is 23.9 Å². The summed E-state index contributed by atoms with van der Waals surface area (Å²) in [7, 11) is 0. The van der Waals surface area contributed by atoms with Crippen molar-refractivity contribution in [3.05, 3.63) is 102 Å². The van der Waals surface area contributed by atoms with Gasteiger partial charge in [0.15, 0.2) is 0 Å². The fourth-order valence-electron chi connectivity index (χ4n) is 5.83. The third-order valence-electron chi connectivity index (χ3n) is 8.22. The lowest BCUT2D eigenvalue weighted by Gasteiger charge is -2.29. The van der Waals surface area contributed by atoms with Crippen LogP contribution in [0.1, 0.15) is 29.5 Å². The molecule has 2 heterocycles. The van der Waals surface area contributed by atoms with Crippen LogP contribution in [0.4, 0.5) is 0 Å². The normalized spacial score (nSPS) is 16.6. The molecule has 5 rings (SSSR count). The Labute approximate surface area is 261 Å². The number of rotatable bonds is 12. The van der Waals surface area contributed by atoms with E-state index in [1.807, 2.05) is 54.6 Å². The molecule has 0 aliphatic carbocycles. The number of aromatic hydroxyl groups is 1. The lowest BCUT2D eigenvalue weighted by atomic mass is 10.0. The van der Waals surface area contributed by atoms with Crippen LogP contribution < -0.4 is 22.1 Å². The minimum atomic E-state index is -1.06. The number of H-pyrrole nitrogens is 1. The fourth-order valence-corrected chi connectivity index (χ4v) is 5.83. The Bertz CT molecular complexity index is 1650. The van der Waals surface area contributed by atoms with Gasteiger partial charge < -0.3 is 37.1 Å². The summed E-state index contributed by atoms with van der Waals surface area (Å²) in [5.41, 5.74) is 15.2. The Kier molecular flexibility index (Phi) is 9.79. The van der Waals surface area contributed by atoms with Gasteiger partial charge in [0.25, 0.3) is 0 Å². The summed E-state index contributed by atoms with van der Waals surface area (Å²) in [4.78, 5) is 57.9. The first kappa shape index (κ1) is 31.3. The molecule has 0 saturated carbocycles. The molecule has 4 amide bonds. The number of likely N-dealkylation sites (tertiary alicyclic amines) is 1. The van der Waals surface area contributed by atoms with Gasteiger partial charge in [0.2, 0.25) is 23.6 Å². The van der Waals surface area contributed by atoms with E-state index in [1.165, 1.54) is 17.0 Å². The molecule has 1 aliphatic heterocycles. The third kappa shape index (κ3) is 7.68. The summed E-state index contributed by atoms with van der Waals surface area (Å²) in [5.74, 6) is -1.98. The van der Waals surface area contributed by atoms with Crippen LogP contribution in [0.3, 0.4) is 0 Å². The molecule has 3 aromatic carbocycles. The van der Waals surface area contributed by atoms with E-state index in [9.17, 15) is 24.3 Å². The molecule has 4 atom stereocenters. The second kappa shape index (κ2) is 14.1. The summed E-state index contributed by atoms with van der Waals surface area (Å²) in [6.45, 7) is 0.361. The maximum atomic E-state index is 13.7. The summed E-state index contributed by atoms with van der Waals surface area (Å²) in [6, 6.07) is 19.5. The molecule has 11 nitrogen and oxygen atoms in total. The highest BCUT2D eigenvalue weighted by Gasteiger charge is 2.38. The zero-order chi connectivity index (χ0) is 31.9. The molecule has 45 heavy (non-hydrogen) atoms. The van der Waals surface area contributed by atoms with Crippen molar-refractivity contribution in [1.82, 2.24) is 20.5 Å². The van der Waals surface area contributed by atoms with Crippen LogP contribution in [0.15, 0.2) is 85.1 Å². The van der Waals surface area contributed by atoms with Gasteiger partial charge in [-0.1, -0.05) is 60.7 Å². The maximum Gasteiger partial charge on any atom is 0.243 e. The van der Waals surface area contributed by atoms with Gasteiger partial charge in [-0.05, 0) is 54.2 Å². The molecule has 1 aromatic heterocycles. The molecular formula is C34H38N6O5. The van der Waals surface area contributed by atoms with Crippen molar-refractivity contribution in [2.75, 3.05) is 6.54 Å². The summed E-state index contributed by atoms with van der Waals surface area (Å²) in [6.07, 6.45) is 3.39. The molecular weight excluding hydrogens is 572 g/mol. The fraction of sp³-hybridized carbons (Fsp3) is 0.294. The van der Waals surface area contributed by atoms with Gasteiger partial charge in [-0.2, -0.15) is 0 Å². The highest BCUT2D eigenvalue weighted by atomic mass is 16.3. The number of phenolic OH excluding ortho intramolecular Hbond substituents is 1. The van der Waals surface area contributed by atoms with Crippen molar-refractivity contribution in [3.8, 4) is 5.75 Å². The van der Waals surface area contributed by atoms with Crippen molar-refractivity contribution in [2.45, 2.75) is 56.3 Å². The summed E-state index contributed by atoms with van der Waals surface area (Å²) < 4.78 is 0. The van der Waals surface area contributed by atoms with Gasteiger partial charge in [0.05, 0.1) is 6.04 Å². The lowest BCUT2D eigenvalue weighted by molar-refractivity contribution is -0.140.